The lowest BCUT2D eigenvalue weighted by molar-refractivity contribution is 0.0984. The zero-order chi connectivity index (χ0) is 14.5. The third kappa shape index (κ3) is 2.86. The Balaban J connectivity index is 2.32. The molecule has 0 fully saturated rings. The fraction of sp³-hybridized carbons (Fsp3) is 0.188. The Morgan fingerprint density at radius 3 is 2.35 bits per heavy atom. The molecule has 2 aromatic rings. The zero-order valence-electron chi connectivity index (χ0n) is 11.3. The summed E-state index contributed by atoms with van der Waals surface area (Å²) >= 11 is 0. The van der Waals surface area contributed by atoms with E-state index in [0.29, 0.717) is 13.1 Å². The van der Waals surface area contributed by atoms with E-state index in [2.05, 4.69) is 0 Å². The van der Waals surface area contributed by atoms with Crippen molar-refractivity contribution in [2.75, 3.05) is 11.4 Å². The topological polar surface area (TPSA) is 46.3 Å². The number of halogens is 1. The first-order chi connectivity index (χ1) is 9.67. The van der Waals surface area contributed by atoms with Crippen molar-refractivity contribution in [3.63, 3.8) is 0 Å². The third-order valence-electron chi connectivity index (χ3n) is 3.15. The fourth-order valence-corrected chi connectivity index (χ4v) is 2.04. The molecule has 0 saturated heterocycles. The van der Waals surface area contributed by atoms with Crippen LogP contribution in [-0.2, 0) is 6.54 Å². The van der Waals surface area contributed by atoms with E-state index >= 15 is 0 Å². The molecule has 0 aliphatic heterocycles. The molecule has 0 radical (unpaired) electrons. The van der Waals surface area contributed by atoms with Crippen LogP contribution < -0.4 is 10.6 Å². The van der Waals surface area contributed by atoms with E-state index in [1.54, 1.807) is 17.0 Å². The van der Waals surface area contributed by atoms with Gasteiger partial charge >= 0.3 is 0 Å². The van der Waals surface area contributed by atoms with E-state index in [0.717, 1.165) is 11.3 Å². The summed E-state index contributed by atoms with van der Waals surface area (Å²) in [5.41, 5.74) is 7.35. The summed E-state index contributed by atoms with van der Waals surface area (Å²) in [4.78, 5) is 14.0. The van der Waals surface area contributed by atoms with Gasteiger partial charge in [-0.3, -0.25) is 4.79 Å². The van der Waals surface area contributed by atoms with Crippen LogP contribution in [0.25, 0.3) is 0 Å². The second-order valence-corrected chi connectivity index (χ2v) is 4.40. The van der Waals surface area contributed by atoms with E-state index < -0.39 is 5.82 Å². The van der Waals surface area contributed by atoms with E-state index in [-0.39, 0.29) is 11.5 Å². The Morgan fingerprint density at radius 2 is 1.80 bits per heavy atom. The van der Waals surface area contributed by atoms with Crippen molar-refractivity contribution in [2.24, 2.45) is 5.73 Å². The number of carbonyl (C=O) groups is 1. The van der Waals surface area contributed by atoms with Crippen LogP contribution in [0, 0.1) is 5.82 Å². The Labute approximate surface area is 117 Å². The van der Waals surface area contributed by atoms with Crippen molar-refractivity contribution >= 4 is 11.6 Å². The van der Waals surface area contributed by atoms with Crippen LogP contribution in [0.15, 0.2) is 48.5 Å². The molecule has 0 spiro atoms. The predicted octanol–water partition coefficient (Wildman–Crippen LogP) is 2.95. The number of hydrogen-bond acceptors (Lipinski definition) is 2. The van der Waals surface area contributed by atoms with Gasteiger partial charge in [0.15, 0.2) is 0 Å². The first kappa shape index (κ1) is 14.2. The number of nitrogens with zero attached hydrogens (tertiary/aromatic N) is 1. The van der Waals surface area contributed by atoms with Gasteiger partial charge in [-0.2, -0.15) is 0 Å². The minimum absolute atomic E-state index is 0.0808. The molecule has 1 amide bonds. The van der Waals surface area contributed by atoms with Gasteiger partial charge in [0.1, 0.15) is 5.82 Å². The van der Waals surface area contributed by atoms with Gasteiger partial charge in [-0.1, -0.05) is 24.3 Å². The van der Waals surface area contributed by atoms with Crippen molar-refractivity contribution in [3.05, 3.63) is 65.5 Å². The van der Waals surface area contributed by atoms with E-state index in [1.807, 2.05) is 31.2 Å². The number of anilines is 1. The highest BCUT2D eigenvalue weighted by Gasteiger charge is 2.18. The maximum absolute atomic E-state index is 13.7. The van der Waals surface area contributed by atoms with Crippen LogP contribution in [0.3, 0.4) is 0 Å². The molecule has 4 heteroatoms. The Hall–Kier alpha value is -2.20. The summed E-state index contributed by atoms with van der Waals surface area (Å²) in [5, 5.41) is 0. The van der Waals surface area contributed by atoms with Crippen LogP contribution in [0.1, 0.15) is 22.8 Å². The maximum atomic E-state index is 13.7. The number of nitrogens with two attached hydrogens (primary N) is 1. The summed E-state index contributed by atoms with van der Waals surface area (Å²) in [5.74, 6) is -0.847. The van der Waals surface area contributed by atoms with Crippen LogP contribution in [0.2, 0.25) is 0 Å². The normalized spacial score (nSPS) is 10.3. The first-order valence-corrected chi connectivity index (χ1v) is 6.52. The monoisotopic (exact) mass is 272 g/mol. The van der Waals surface area contributed by atoms with Gasteiger partial charge in [-0.25, -0.2) is 4.39 Å². The average molecular weight is 272 g/mol. The molecule has 2 aromatic carbocycles. The van der Waals surface area contributed by atoms with Gasteiger partial charge < -0.3 is 10.6 Å². The first-order valence-electron chi connectivity index (χ1n) is 6.52. The lowest BCUT2D eigenvalue weighted by Crippen LogP contribution is -2.31. The molecular formula is C16H17FN2O. The zero-order valence-corrected chi connectivity index (χ0v) is 11.3. The fourth-order valence-electron chi connectivity index (χ4n) is 2.04. The highest BCUT2D eigenvalue weighted by molar-refractivity contribution is 6.06. The number of amides is 1. The molecule has 0 aliphatic rings. The predicted molar refractivity (Wildman–Crippen MR) is 78.1 cm³/mol. The molecule has 0 bridgehead atoms. The molecule has 0 aromatic heterocycles. The van der Waals surface area contributed by atoms with Crippen molar-refractivity contribution in [3.8, 4) is 0 Å². The maximum Gasteiger partial charge on any atom is 0.261 e. The standard InChI is InChI=1S/C16H17FN2O/c1-2-19(13-9-7-12(11-18)8-10-13)16(20)14-5-3-4-6-15(14)17/h3-10H,2,11,18H2,1H3. The van der Waals surface area contributed by atoms with E-state index in [1.165, 1.54) is 12.1 Å². The molecule has 0 heterocycles. The van der Waals surface area contributed by atoms with Crippen LogP contribution >= 0.6 is 0 Å². The SMILES string of the molecule is CCN(C(=O)c1ccccc1F)c1ccc(CN)cc1. The van der Waals surface area contributed by atoms with Gasteiger partial charge in [0.25, 0.3) is 5.91 Å². The number of carbonyl (C=O) groups excluding carboxylic acids is 1. The highest BCUT2D eigenvalue weighted by atomic mass is 19.1. The summed E-state index contributed by atoms with van der Waals surface area (Å²) in [6, 6.07) is 13.4. The molecule has 0 atom stereocenters. The number of hydrogen-bond donors (Lipinski definition) is 1. The van der Waals surface area contributed by atoms with E-state index in [9.17, 15) is 9.18 Å². The third-order valence-corrected chi connectivity index (χ3v) is 3.15. The second kappa shape index (κ2) is 6.30. The largest absolute Gasteiger partial charge is 0.326 e. The molecule has 2 N–H and O–H groups in total. The van der Waals surface area contributed by atoms with Gasteiger partial charge in [-0.15, -0.1) is 0 Å². The summed E-state index contributed by atoms with van der Waals surface area (Å²) in [6.45, 7) is 2.78. The minimum atomic E-state index is -0.505. The van der Waals surface area contributed by atoms with Crippen molar-refractivity contribution in [2.45, 2.75) is 13.5 Å². The quantitative estimate of drug-likeness (QED) is 0.930. The number of benzene rings is 2. The van der Waals surface area contributed by atoms with Crippen LogP contribution in [0.4, 0.5) is 10.1 Å². The molecule has 0 unspecified atom stereocenters. The summed E-state index contributed by atoms with van der Waals surface area (Å²) in [6.07, 6.45) is 0. The molecular weight excluding hydrogens is 255 g/mol. The average Bonchev–Trinajstić information content (AvgIpc) is 2.49. The Bertz CT molecular complexity index is 596. The Kier molecular flexibility index (Phi) is 4.48. The lowest BCUT2D eigenvalue weighted by atomic mass is 10.1. The van der Waals surface area contributed by atoms with Gasteiger partial charge in [0.2, 0.25) is 0 Å². The van der Waals surface area contributed by atoms with Crippen LogP contribution in [-0.4, -0.2) is 12.5 Å². The molecule has 2 rings (SSSR count). The van der Waals surface area contributed by atoms with E-state index in [4.69, 9.17) is 5.73 Å². The summed E-state index contributed by atoms with van der Waals surface area (Å²) < 4.78 is 13.7. The van der Waals surface area contributed by atoms with Crippen molar-refractivity contribution in [1.29, 1.82) is 0 Å². The summed E-state index contributed by atoms with van der Waals surface area (Å²) in [7, 11) is 0. The molecule has 104 valence electrons. The van der Waals surface area contributed by atoms with Gasteiger partial charge in [0, 0.05) is 18.8 Å². The minimum Gasteiger partial charge on any atom is -0.326 e. The van der Waals surface area contributed by atoms with Crippen molar-refractivity contribution in [1.82, 2.24) is 0 Å². The van der Waals surface area contributed by atoms with Crippen LogP contribution in [0.5, 0.6) is 0 Å². The molecule has 0 aliphatic carbocycles. The lowest BCUT2D eigenvalue weighted by Gasteiger charge is -2.21. The van der Waals surface area contributed by atoms with Crippen molar-refractivity contribution < 1.29 is 9.18 Å². The van der Waals surface area contributed by atoms with Gasteiger partial charge in [-0.05, 0) is 36.8 Å². The number of rotatable bonds is 4. The second-order valence-electron chi connectivity index (χ2n) is 4.40. The molecule has 0 saturated carbocycles. The Morgan fingerprint density at radius 1 is 1.15 bits per heavy atom. The molecule has 3 nitrogen and oxygen atoms in total. The smallest absolute Gasteiger partial charge is 0.261 e. The molecule has 20 heavy (non-hydrogen) atoms. The highest BCUT2D eigenvalue weighted by Crippen LogP contribution is 2.19. The van der Waals surface area contributed by atoms with Gasteiger partial charge in [0.05, 0.1) is 5.56 Å².